The van der Waals surface area contributed by atoms with E-state index in [9.17, 15) is 9.90 Å². The number of carboxylic acid groups (broad SMARTS) is 1. The number of aliphatic carboxylic acids is 1. The molecule has 0 fully saturated rings. The third-order valence-corrected chi connectivity index (χ3v) is 3.22. The van der Waals surface area contributed by atoms with Gasteiger partial charge < -0.3 is 15.2 Å². The normalized spacial score (nSPS) is 13.8. The summed E-state index contributed by atoms with van der Waals surface area (Å²) in [5, 5.41) is 19.7. The molecule has 0 radical (unpaired) electrons. The summed E-state index contributed by atoms with van der Waals surface area (Å²) in [6.45, 7) is 3.44. The molecule has 1 atom stereocenters. The fourth-order valence-electron chi connectivity index (χ4n) is 1.92. The monoisotopic (exact) mass is 233 g/mol. The Morgan fingerprint density at radius 3 is 2.71 bits per heavy atom. The molecule has 4 heteroatoms. The summed E-state index contributed by atoms with van der Waals surface area (Å²) in [6.07, 6.45) is 0.407. The van der Waals surface area contributed by atoms with Crippen LogP contribution in [0.2, 0.25) is 0 Å². The molecular weight excluding hydrogens is 218 g/mol. The molecule has 4 nitrogen and oxygen atoms in total. The molecule has 0 saturated heterocycles. The number of aromatic nitrogens is 1. The minimum absolute atomic E-state index is 0.794. The zero-order chi connectivity index (χ0) is 12.6. The minimum Gasteiger partial charge on any atom is -0.479 e. The van der Waals surface area contributed by atoms with E-state index in [2.05, 4.69) is 4.98 Å². The summed E-state index contributed by atoms with van der Waals surface area (Å²) in [5.41, 5.74) is 0.904. The maximum absolute atomic E-state index is 10.9. The summed E-state index contributed by atoms with van der Waals surface area (Å²) in [5.74, 6) is -1.21. The van der Waals surface area contributed by atoms with Crippen LogP contribution in [0.25, 0.3) is 10.9 Å². The lowest BCUT2D eigenvalue weighted by Gasteiger charge is -2.28. The molecular formula is C13H15NO3. The number of benzene rings is 1. The van der Waals surface area contributed by atoms with Crippen molar-refractivity contribution in [3.05, 3.63) is 36.0 Å². The molecule has 1 aromatic heterocycles. The molecule has 0 aliphatic rings. The van der Waals surface area contributed by atoms with E-state index in [1.807, 2.05) is 30.5 Å². The molecule has 1 unspecified atom stereocenters. The predicted molar refractivity (Wildman–Crippen MR) is 65.0 cm³/mol. The molecule has 0 saturated carbocycles. The highest BCUT2D eigenvalue weighted by Gasteiger charge is 2.35. The van der Waals surface area contributed by atoms with Gasteiger partial charge in [-0.1, -0.05) is 26.0 Å². The average Bonchev–Trinajstić information content (AvgIpc) is 2.74. The van der Waals surface area contributed by atoms with Crippen molar-refractivity contribution in [1.29, 1.82) is 0 Å². The van der Waals surface area contributed by atoms with E-state index in [0.717, 1.165) is 16.5 Å². The highest BCUT2D eigenvalue weighted by atomic mass is 16.4. The Balaban J connectivity index is 2.47. The van der Waals surface area contributed by atoms with Crippen LogP contribution in [0.1, 0.15) is 19.4 Å². The van der Waals surface area contributed by atoms with E-state index >= 15 is 0 Å². The molecule has 1 heterocycles. The first-order valence-electron chi connectivity index (χ1n) is 5.41. The number of hydrogen-bond donors (Lipinski definition) is 3. The van der Waals surface area contributed by atoms with Crippen molar-refractivity contribution in [1.82, 2.24) is 4.98 Å². The van der Waals surface area contributed by atoms with Crippen molar-refractivity contribution < 1.29 is 15.0 Å². The third kappa shape index (κ3) is 1.91. The molecule has 17 heavy (non-hydrogen) atoms. The number of carbonyl (C=O) groups is 1. The number of fused-ring (bicyclic) bond motifs is 1. The fourth-order valence-corrected chi connectivity index (χ4v) is 1.92. The van der Waals surface area contributed by atoms with Crippen LogP contribution in [-0.4, -0.2) is 27.3 Å². The molecule has 1 aromatic carbocycles. The molecule has 0 amide bonds. The Morgan fingerprint density at radius 2 is 2.06 bits per heavy atom. The van der Waals surface area contributed by atoms with Gasteiger partial charge >= 0.3 is 5.97 Å². The van der Waals surface area contributed by atoms with Gasteiger partial charge in [-0.25, -0.2) is 4.79 Å². The standard InChI is InChI=1S/C13H15NO3/c1-13(2,11(15)12(16)17)9-4-3-8-5-6-14-10(8)7-9/h3-7,11,14-15H,1-2H3,(H,16,17). The van der Waals surface area contributed by atoms with Gasteiger partial charge in [-0.3, -0.25) is 0 Å². The number of H-pyrrole nitrogens is 1. The molecule has 3 N–H and O–H groups in total. The smallest absolute Gasteiger partial charge is 0.333 e. The van der Waals surface area contributed by atoms with Gasteiger partial charge in [0.2, 0.25) is 0 Å². The van der Waals surface area contributed by atoms with Gasteiger partial charge in [-0.15, -0.1) is 0 Å². The number of rotatable bonds is 3. The van der Waals surface area contributed by atoms with Gasteiger partial charge in [-0.05, 0) is 23.1 Å². The SMILES string of the molecule is CC(C)(c1ccc2cc[nH]c2c1)C(O)C(=O)O. The second-order valence-corrected chi connectivity index (χ2v) is 4.74. The Hall–Kier alpha value is -1.81. The van der Waals surface area contributed by atoms with Crippen molar-refractivity contribution in [2.24, 2.45) is 0 Å². The average molecular weight is 233 g/mol. The van der Waals surface area contributed by atoms with Crippen LogP contribution >= 0.6 is 0 Å². The van der Waals surface area contributed by atoms with E-state index in [0.29, 0.717) is 0 Å². The highest BCUT2D eigenvalue weighted by Crippen LogP contribution is 2.29. The van der Waals surface area contributed by atoms with Gasteiger partial charge in [0.05, 0.1) is 0 Å². The lowest BCUT2D eigenvalue weighted by molar-refractivity contribution is -0.150. The summed E-state index contributed by atoms with van der Waals surface area (Å²) in [4.78, 5) is 13.9. The number of nitrogens with one attached hydrogen (secondary N) is 1. The van der Waals surface area contributed by atoms with Gasteiger partial charge in [0.25, 0.3) is 0 Å². The number of aliphatic hydroxyl groups is 1. The van der Waals surface area contributed by atoms with Crippen LogP contribution in [0.15, 0.2) is 30.5 Å². The Morgan fingerprint density at radius 1 is 1.35 bits per heavy atom. The van der Waals surface area contributed by atoms with Crippen LogP contribution < -0.4 is 0 Å². The molecule has 2 rings (SSSR count). The quantitative estimate of drug-likeness (QED) is 0.758. The molecule has 2 aromatic rings. The molecule has 90 valence electrons. The van der Waals surface area contributed by atoms with Crippen molar-refractivity contribution in [2.45, 2.75) is 25.4 Å². The number of aliphatic hydroxyl groups excluding tert-OH is 1. The van der Waals surface area contributed by atoms with Crippen LogP contribution in [0.4, 0.5) is 0 Å². The van der Waals surface area contributed by atoms with Crippen LogP contribution in [0.5, 0.6) is 0 Å². The zero-order valence-electron chi connectivity index (χ0n) is 9.77. The van der Waals surface area contributed by atoms with E-state index < -0.39 is 17.5 Å². The van der Waals surface area contributed by atoms with Crippen molar-refractivity contribution in [2.75, 3.05) is 0 Å². The highest BCUT2D eigenvalue weighted by molar-refractivity contribution is 5.81. The number of hydrogen-bond acceptors (Lipinski definition) is 2. The van der Waals surface area contributed by atoms with Gasteiger partial charge in [-0.2, -0.15) is 0 Å². The van der Waals surface area contributed by atoms with Crippen LogP contribution in [-0.2, 0) is 10.2 Å². The maximum atomic E-state index is 10.9. The third-order valence-electron chi connectivity index (χ3n) is 3.22. The minimum atomic E-state index is -1.42. The molecule has 0 spiro atoms. The lowest BCUT2D eigenvalue weighted by Crippen LogP contribution is -2.39. The largest absolute Gasteiger partial charge is 0.479 e. The van der Waals surface area contributed by atoms with Crippen LogP contribution in [0, 0.1) is 0 Å². The lowest BCUT2D eigenvalue weighted by atomic mass is 9.79. The van der Waals surface area contributed by atoms with Gasteiger partial charge in [0.15, 0.2) is 6.10 Å². The van der Waals surface area contributed by atoms with E-state index in [1.165, 1.54) is 0 Å². The second-order valence-electron chi connectivity index (χ2n) is 4.74. The first-order valence-corrected chi connectivity index (χ1v) is 5.41. The zero-order valence-corrected chi connectivity index (χ0v) is 9.77. The second kappa shape index (κ2) is 3.89. The van der Waals surface area contributed by atoms with E-state index in [1.54, 1.807) is 13.8 Å². The molecule has 0 bridgehead atoms. The van der Waals surface area contributed by atoms with E-state index in [4.69, 9.17) is 5.11 Å². The summed E-state index contributed by atoms with van der Waals surface area (Å²) in [6, 6.07) is 7.58. The molecule has 0 aliphatic heterocycles. The Kier molecular flexibility index (Phi) is 2.67. The van der Waals surface area contributed by atoms with Crippen molar-refractivity contribution >= 4 is 16.9 Å². The van der Waals surface area contributed by atoms with Crippen molar-refractivity contribution in [3.8, 4) is 0 Å². The fraction of sp³-hybridized carbons (Fsp3) is 0.308. The summed E-state index contributed by atoms with van der Waals surface area (Å²) >= 11 is 0. The predicted octanol–water partition coefficient (Wildman–Crippen LogP) is 1.89. The summed E-state index contributed by atoms with van der Waals surface area (Å²) < 4.78 is 0. The first-order chi connectivity index (χ1) is 7.93. The number of carboxylic acids is 1. The topological polar surface area (TPSA) is 73.3 Å². The Bertz CT molecular complexity index is 557. The number of aromatic amines is 1. The van der Waals surface area contributed by atoms with E-state index in [-0.39, 0.29) is 0 Å². The van der Waals surface area contributed by atoms with Crippen LogP contribution in [0.3, 0.4) is 0 Å². The van der Waals surface area contributed by atoms with Gasteiger partial charge in [0, 0.05) is 17.1 Å². The molecule has 0 aliphatic carbocycles. The van der Waals surface area contributed by atoms with Gasteiger partial charge in [0.1, 0.15) is 0 Å². The maximum Gasteiger partial charge on any atom is 0.333 e. The first kappa shape index (κ1) is 11.7. The Labute approximate surface area is 98.9 Å². The van der Waals surface area contributed by atoms with Crippen molar-refractivity contribution in [3.63, 3.8) is 0 Å². The summed E-state index contributed by atoms with van der Waals surface area (Å²) in [7, 11) is 0.